The summed E-state index contributed by atoms with van der Waals surface area (Å²) in [4.78, 5) is 6.95. The van der Waals surface area contributed by atoms with Crippen LogP contribution in [-0.4, -0.2) is 76.1 Å². The first-order valence-corrected chi connectivity index (χ1v) is 10.2. The van der Waals surface area contributed by atoms with Crippen LogP contribution >= 0.6 is 0 Å². The van der Waals surface area contributed by atoms with Crippen LogP contribution in [0.1, 0.15) is 51.9 Å². The highest BCUT2D eigenvalue weighted by atomic mass is 16.5. The van der Waals surface area contributed by atoms with E-state index in [1.165, 1.54) is 45.3 Å². The summed E-state index contributed by atoms with van der Waals surface area (Å²) in [7, 11) is 1.85. The number of guanidine groups is 1. The molecule has 2 N–H and O–H groups in total. The average molecular weight is 355 g/mol. The van der Waals surface area contributed by atoms with Crippen LogP contribution in [-0.2, 0) is 9.47 Å². The maximum Gasteiger partial charge on any atom is 0.191 e. The molecule has 6 heteroatoms. The van der Waals surface area contributed by atoms with Crippen LogP contribution in [0.25, 0.3) is 0 Å². The van der Waals surface area contributed by atoms with Crippen molar-refractivity contribution in [1.29, 1.82) is 0 Å². The zero-order valence-corrected chi connectivity index (χ0v) is 16.3. The van der Waals surface area contributed by atoms with Gasteiger partial charge in [0.05, 0.1) is 6.10 Å². The third kappa shape index (κ3) is 8.38. The first kappa shape index (κ1) is 20.5. The van der Waals surface area contributed by atoms with Crippen molar-refractivity contribution in [1.82, 2.24) is 15.5 Å². The molecule has 0 unspecified atom stereocenters. The van der Waals surface area contributed by atoms with Crippen LogP contribution in [0, 0.1) is 0 Å². The fourth-order valence-electron chi connectivity index (χ4n) is 3.44. The van der Waals surface area contributed by atoms with Crippen LogP contribution < -0.4 is 10.6 Å². The van der Waals surface area contributed by atoms with E-state index in [9.17, 15) is 0 Å². The van der Waals surface area contributed by atoms with E-state index in [0.717, 1.165) is 51.6 Å². The molecule has 2 fully saturated rings. The van der Waals surface area contributed by atoms with E-state index in [1.807, 2.05) is 7.05 Å². The molecular weight excluding hydrogens is 316 g/mol. The molecule has 0 amide bonds. The van der Waals surface area contributed by atoms with E-state index in [4.69, 9.17) is 9.47 Å². The van der Waals surface area contributed by atoms with Gasteiger partial charge in [0.2, 0.25) is 0 Å². The highest BCUT2D eigenvalue weighted by Gasteiger charge is 2.19. The smallest absolute Gasteiger partial charge is 0.191 e. The van der Waals surface area contributed by atoms with Crippen LogP contribution in [0.3, 0.4) is 0 Å². The van der Waals surface area contributed by atoms with Gasteiger partial charge in [-0.05, 0) is 45.1 Å². The minimum Gasteiger partial charge on any atom is -0.381 e. The molecule has 2 aliphatic heterocycles. The number of piperidine rings is 1. The number of likely N-dealkylation sites (tertiary alicyclic amines) is 1. The van der Waals surface area contributed by atoms with Gasteiger partial charge >= 0.3 is 0 Å². The van der Waals surface area contributed by atoms with Gasteiger partial charge in [0.15, 0.2) is 5.96 Å². The van der Waals surface area contributed by atoms with Crippen molar-refractivity contribution in [3.63, 3.8) is 0 Å². The van der Waals surface area contributed by atoms with Crippen LogP contribution in [0.4, 0.5) is 0 Å². The second-order valence-electron chi connectivity index (χ2n) is 7.15. The fraction of sp³-hybridized carbons (Fsp3) is 0.947. The highest BCUT2D eigenvalue weighted by molar-refractivity contribution is 5.79. The van der Waals surface area contributed by atoms with Gasteiger partial charge < -0.3 is 25.0 Å². The van der Waals surface area contributed by atoms with Gasteiger partial charge in [-0.3, -0.25) is 4.99 Å². The molecule has 146 valence electrons. The molecule has 0 spiro atoms. The lowest BCUT2D eigenvalue weighted by Crippen LogP contribution is -2.49. The van der Waals surface area contributed by atoms with Crippen LogP contribution in [0.2, 0.25) is 0 Å². The molecule has 0 saturated carbocycles. The van der Waals surface area contributed by atoms with Crippen molar-refractivity contribution in [3.8, 4) is 0 Å². The molecule has 0 aromatic rings. The van der Waals surface area contributed by atoms with Gasteiger partial charge in [0, 0.05) is 52.5 Å². The predicted molar refractivity (Wildman–Crippen MR) is 103 cm³/mol. The molecule has 25 heavy (non-hydrogen) atoms. The Morgan fingerprint density at radius 1 is 1.16 bits per heavy atom. The Kier molecular flexibility index (Phi) is 10.2. The maximum absolute atomic E-state index is 5.91. The average Bonchev–Trinajstić information content (AvgIpc) is 2.67. The largest absolute Gasteiger partial charge is 0.381 e. The van der Waals surface area contributed by atoms with Gasteiger partial charge in [0.1, 0.15) is 0 Å². The Bertz CT molecular complexity index is 364. The van der Waals surface area contributed by atoms with E-state index in [1.54, 1.807) is 0 Å². The van der Waals surface area contributed by atoms with Gasteiger partial charge in [-0.15, -0.1) is 0 Å². The Morgan fingerprint density at radius 3 is 2.60 bits per heavy atom. The van der Waals surface area contributed by atoms with Gasteiger partial charge in [-0.2, -0.15) is 0 Å². The zero-order chi connectivity index (χ0) is 17.7. The minimum atomic E-state index is 0.393. The molecule has 0 aromatic carbocycles. The summed E-state index contributed by atoms with van der Waals surface area (Å²) in [6.45, 7) is 9.32. The Labute approximate surface area is 153 Å². The second kappa shape index (κ2) is 12.5. The molecular formula is C19H38N4O2. The van der Waals surface area contributed by atoms with Gasteiger partial charge in [-0.1, -0.05) is 13.3 Å². The monoisotopic (exact) mass is 354 g/mol. The topological polar surface area (TPSA) is 58.1 Å². The highest BCUT2D eigenvalue weighted by Crippen LogP contribution is 2.11. The third-order valence-electron chi connectivity index (χ3n) is 5.12. The lowest BCUT2D eigenvalue weighted by atomic mass is 10.0. The standard InChI is InChI=1S/C19H38N4O2/c1-3-4-11-23-12-6-17(7-13-23)22-19(20-2)21-10-5-14-25-18-8-15-24-16-9-18/h17-18H,3-16H2,1-2H3,(H2,20,21,22). The predicted octanol–water partition coefficient (Wildman–Crippen LogP) is 2.00. The summed E-state index contributed by atoms with van der Waals surface area (Å²) in [5.41, 5.74) is 0. The molecule has 6 nitrogen and oxygen atoms in total. The van der Waals surface area contributed by atoms with E-state index in [-0.39, 0.29) is 0 Å². The fourth-order valence-corrected chi connectivity index (χ4v) is 3.44. The molecule has 2 heterocycles. The Morgan fingerprint density at radius 2 is 1.92 bits per heavy atom. The van der Waals surface area contributed by atoms with E-state index < -0.39 is 0 Å². The van der Waals surface area contributed by atoms with E-state index in [0.29, 0.717) is 12.1 Å². The normalized spacial score (nSPS) is 21.4. The van der Waals surface area contributed by atoms with E-state index >= 15 is 0 Å². The summed E-state index contributed by atoms with van der Waals surface area (Å²) in [5.74, 6) is 0.929. The van der Waals surface area contributed by atoms with Crippen molar-refractivity contribution in [2.75, 3.05) is 53.0 Å². The van der Waals surface area contributed by atoms with Crippen molar-refractivity contribution < 1.29 is 9.47 Å². The number of unbranched alkanes of at least 4 members (excludes halogenated alkanes) is 1. The molecule has 2 rings (SSSR count). The molecule has 0 atom stereocenters. The maximum atomic E-state index is 5.91. The number of hydrogen-bond acceptors (Lipinski definition) is 4. The Balaban J connectivity index is 1.52. The summed E-state index contributed by atoms with van der Waals surface area (Å²) < 4.78 is 11.3. The van der Waals surface area contributed by atoms with Crippen molar-refractivity contribution in [3.05, 3.63) is 0 Å². The number of hydrogen-bond donors (Lipinski definition) is 2. The number of aliphatic imine (C=N–C) groups is 1. The summed E-state index contributed by atoms with van der Waals surface area (Å²) in [5, 5.41) is 7.00. The Hall–Kier alpha value is -0.850. The summed E-state index contributed by atoms with van der Waals surface area (Å²) in [6, 6.07) is 0.544. The van der Waals surface area contributed by atoms with Gasteiger partial charge in [0.25, 0.3) is 0 Å². The number of rotatable bonds is 9. The van der Waals surface area contributed by atoms with Crippen LogP contribution in [0.5, 0.6) is 0 Å². The van der Waals surface area contributed by atoms with Crippen molar-refractivity contribution in [2.24, 2.45) is 4.99 Å². The molecule has 0 bridgehead atoms. The first-order valence-electron chi connectivity index (χ1n) is 10.2. The second-order valence-corrected chi connectivity index (χ2v) is 7.15. The number of nitrogens with zero attached hydrogens (tertiary/aromatic N) is 2. The van der Waals surface area contributed by atoms with E-state index in [2.05, 4.69) is 27.4 Å². The lowest BCUT2D eigenvalue weighted by Gasteiger charge is -2.33. The lowest BCUT2D eigenvalue weighted by molar-refractivity contribution is -0.0320. The summed E-state index contributed by atoms with van der Waals surface area (Å²) >= 11 is 0. The molecule has 2 saturated heterocycles. The molecule has 0 aromatic heterocycles. The summed E-state index contributed by atoms with van der Waals surface area (Å²) in [6.07, 6.45) is 8.48. The van der Waals surface area contributed by atoms with Gasteiger partial charge in [-0.25, -0.2) is 0 Å². The first-order chi connectivity index (χ1) is 12.3. The molecule has 0 aliphatic carbocycles. The number of ether oxygens (including phenoxy) is 2. The number of nitrogens with one attached hydrogen (secondary N) is 2. The minimum absolute atomic E-state index is 0.393. The van der Waals surface area contributed by atoms with Crippen molar-refractivity contribution in [2.45, 2.75) is 64.0 Å². The van der Waals surface area contributed by atoms with Crippen LogP contribution in [0.15, 0.2) is 4.99 Å². The molecule has 0 radical (unpaired) electrons. The quantitative estimate of drug-likeness (QED) is 0.377. The third-order valence-corrected chi connectivity index (χ3v) is 5.12. The molecule has 2 aliphatic rings. The zero-order valence-electron chi connectivity index (χ0n) is 16.3. The SMILES string of the molecule is CCCCN1CCC(NC(=NC)NCCCOC2CCOCC2)CC1. The van der Waals surface area contributed by atoms with Crippen molar-refractivity contribution >= 4 is 5.96 Å².